The topological polar surface area (TPSA) is 46.6 Å². The van der Waals surface area contributed by atoms with Crippen LogP contribution in [-0.4, -0.2) is 30.4 Å². The fourth-order valence-corrected chi connectivity index (χ4v) is 2.80. The van der Waals surface area contributed by atoms with E-state index in [1.165, 1.54) is 7.11 Å². The van der Waals surface area contributed by atoms with Crippen molar-refractivity contribution in [3.63, 3.8) is 0 Å². The molecule has 0 bridgehead atoms. The summed E-state index contributed by atoms with van der Waals surface area (Å²) in [5.41, 5.74) is 1.89. The molecule has 1 aromatic rings. The van der Waals surface area contributed by atoms with Crippen molar-refractivity contribution in [2.75, 3.05) is 13.7 Å². The molecule has 1 aliphatic rings. The molecule has 122 valence electrons. The highest BCUT2D eigenvalue weighted by Gasteiger charge is 2.36. The number of nitrogens with zero attached hydrogens (tertiary/aromatic N) is 1. The number of hydrogen-bond donors (Lipinski definition) is 0. The highest BCUT2D eigenvalue weighted by molar-refractivity contribution is 6.42. The number of hydrogen-bond acceptors (Lipinski definition) is 3. The minimum absolute atomic E-state index is 0.212. The van der Waals surface area contributed by atoms with Crippen molar-refractivity contribution in [2.24, 2.45) is 0 Å². The number of methoxy groups -OCH3 is 1. The van der Waals surface area contributed by atoms with Crippen LogP contribution < -0.4 is 0 Å². The monoisotopic (exact) mass is 353 g/mol. The van der Waals surface area contributed by atoms with E-state index in [1.807, 2.05) is 6.92 Å². The zero-order chi connectivity index (χ0) is 17.1. The van der Waals surface area contributed by atoms with Gasteiger partial charge in [-0.25, -0.2) is 4.79 Å². The highest BCUT2D eigenvalue weighted by Crippen LogP contribution is 2.32. The first-order chi connectivity index (χ1) is 10.9. The number of esters is 1. The number of carbonyl (C=O) groups is 2. The number of carbonyl (C=O) groups excluding carboxylic acids is 2. The van der Waals surface area contributed by atoms with E-state index >= 15 is 0 Å². The predicted molar refractivity (Wildman–Crippen MR) is 91.2 cm³/mol. The van der Waals surface area contributed by atoms with Crippen molar-refractivity contribution in [3.05, 3.63) is 50.7 Å². The first kappa shape index (κ1) is 17.6. The Kier molecular flexibility index (Phi) is 5.50. The van der Waals surface area contributed by atoms with Gasteiger partial charge in [-0.05, 0) is 37.1 Å². The number of rotatable bonds is 4. The Balaban J connectivity index is 2.53. The number of allylic oxidation sites excluding steroid dienone is 1. The van der Waals surface area contributed by atoms with E-state index in [-0.39, 0.29) is 11.5 Å². The van der Waals surface area contributed by atoms with Crippen LogP contribution in [0.25, 0.3) is 6.08 Å². The van der Waals surface area contributed by atoms with Crippen LogP contribution in [0.4, 0.5) is 0 Å². The molecule has 0 atom stereocenters. The molecule has 4 nitrogen and oxygen atoms in total. The van der Waals surface area contributed by atoms with Crippen molar-refractivity contribution < 1.29 is 14.3 Å². The molecule has 1 aliphatic heterocycles. The molecule has 0 saturated heterocycles. The van der Waals surface area contributed by atoms with E-state index in [0.717, 1.165) is 6.42 Å². The maximum Gasteiger partial charge on any atom is 0.340 e. The second-order valence-electron chi connectivity index (χ2n) is 5.14. The lowest BCUT2D eigenvalue weighted by atomic mass is 10.0. The number of ether oxygens (including phenoxy) is 1. The Labute approximate surface area is 145 Å². The molecule has 0 aliphatic carbocycles. The normalized spacial score (nSPS) is 16.5. The zero-order valence-corrected chi connectivity index (χ0v) is 14.7. The van der Waals surface area contributed by atoms with Crippen LogP contribution in [0.2, 0.25) is 10.0 Å². The summed E-state index contributed by atoms with van der Waals surface area (Å²) in [7, 11) is 1.30. The lowest BCUT2D eigenvalue weighted by Gasteiger charge is -2.16. The van der Waals surface area contributed by atoms with Gasteiger partial charge in [0, 0.05) is 12.2 Å². The molecule has 23 heavy (non-hydrogen) atoms. The Morgan fingerprint density at radius 2 is 2.00 bits per heavy atom. The molecule has 0 spiro atoms. The fourth-order valence-electron chi connectivity index (χ4n) is 2.49. The van der Waals surface area contributed by atoms with Gasteiger partial charge in [-0.3, -0.25) is 4.79 Å². The molecule has 0 radical (unpaired) electrons. The minimum atomic E-state index is -0.527. The van der Waals surface area contributed by atoms with Gasteiger partial charge >= 0.3 is 5.97 Å². The van der Waals surface area contributed by atoms with Gasteiger partial charge in [-0.15, -0.1) is 0 Å². The molecule has 0 saturated carbocycles. The zero-order valence-electron chi connectivity index (χ0n) is 13.2. The van der Waals surface area contributed by atoms with Gasteiger partial charge in [0.05, 0.1) is 28.3 Å². The minimum Gasteiger partial charge on any atom is -0.465 e. The van der Waals surface area contributed by atoms with E-state index in [1.54, 1.807) is 36.1 Å². The maximum absolute atomic E-state index is 12.6. The maximum atomic E-state index is 12.6. The Hall–Kier alpha value is -1.78. The van der Waals surface area contributed by atoms with Crippen LogP contribution in [0.15, 0.2) is 35.0 Å². The average Bonchev–Trinajstić information content (AvgIpc) is 2.75. The third-order valence-electron chi connectivity index (χ3n) is 3.60. The Bertz CT molecular complexity index is 723. The van der Waals surface area contributed by atoms with Crippen molar-refractivity contribution in [1.29, 1.82) is 0 Å². The summed E-state index contributed by atoms with van der Waals surface area (Å²) in [5, 5.41) is 0.816. The van der Waals surface area contributed by atoms with Gasteiger partial charge in [0.15, 0.2) is 0 Å². The predicted octanol–water partition coefficient (Wildman–Crippen LogP) is 4.08. The third kappa shape index (κ3) is 3.43. The van der Waals surface area contributed by atoms with E-state index in [4.69, 9.17) is 27.9 Å². The van der Waals surface area contributed by atoms with Crippen LogP contribution in [0.3, 0.4) is 0 Å². The summed E-state index contributed by atoms with van der Waals surface area (Å²) in [6, 6.07) is 5.03. The molecule has 0 fully saturated rings. The molecule has 1 amide bonds. The van der Waals surface area contributed by atoms with Gasteiger partial charge in [-0.2, -0.15) is 0 Å². The van der Waals surface area contributed by atoms with E-state index < -0.39 is 5.97 Å². The standard InChI is InChI=1S/C17H17Cl2NO3/c1-4-7-20-10(2)15(17(22)23-3)12(16(20)21)8-11-5-6-13(18)14(19)9-11/h5-6,8-9H,4,7H2,1-3H3/b12-8-. The van der Waals surface area contributed by atoms with Gasteiger partial charge in [-0.1, -0.05) is 36.2 Å². The molecule has 1 aromatic carbocycles. The molecular formula is C17H17Cl2NO3. The average molecular weight is 354 g/mol. The summed E-state index contributed by atoms with van der Waals surface area (Å²) in [4.78, 5) is 26.3. The Morgan fingerprint density at radius 3 is 2.57 bits per heavy atom. The summed E-state index contributed by atoms with van der Waals surface area (Å²) >= 11 is 11.9. The number of halogens is 2. The summed E-state index contributed by atoms with van der Waals surface area (Å²) in [5.74, 6) is -0.739. The van der Waals surface area contributed by atoms with Gasteiger partial charge in [0.1, 0.15) is 0 Å². The lowest BCUT2D eigenvalue weighted by Crippen LogP contribution is -2.25. The van der Waals surface area contributed by atoms with E-state index in [9.17, 15) is 9.59 Å². The molecule has 0 unspecified atom stereocenters. The summed E-state index contributed by atoms with van der Waals surface area (Å²) < 4.78 is 4.83. The van der Waals surface area contributed by atoms with Crippen LogP contribution in [0.1, 0.15) is 25.8 Å². The van der Waals surface area contributed by atoms with Crippen LogP contribution in [-0.2, 0) is 14.3 Å². The van der Waals surface area contributed by atoms with Crippen molar-refractivity contribution in [3.8, 4) is 0 Å². The smallest absolute Gasteiger partial charge is 0.340 e. The van der Waals surface area contributed by atoms with E-state index in [0.29, 0.717) is 33.4 Å². The largest absolute Gasteiger partial charge is 0.465 e. The summed E-state index contributed by atoms with van der Waals surface area (Å²) in [6.07, 6.45) is 2.42. The van der Waals surface area contributed by atoms with Crippen molar-refractivity contribution >= 4 is 41.2 Å². The van der Waals surface area contributed by atoms with Crippen molar-refractivity contribution in [2.45, 2.75) is 20.3 Å². The molecule has 6 heteroatoms. The summed E-state index contributed by atoms with van der Waals surface area (Å²) in [6.45, 7) is 4.26. The fraction of sp³-hybridized carbons (Fsp3) is 0.294. The second kappa shape index (κ2) is 7.20. The van der Waals surface area contributed by atoms with Crippen molar-refractivity contribution in [1.82, 2.24) is 4.90 Å². The van der Waals surface area contributed by atoms with Crippen LogP contribution in [0, 0.1) is 0 Å². The first-order valence-corrected chi connectivity index (χ1v) is 7.94. The van der Waals surface area contributed by atoms with Gasteiger partial charge < -0.3 is 9.64 Å². The highest BCUT2D eigenvalue weighted by atomic mass is 35.5. The SMILES string of the molecule is CCCN1C(=O)/C(=C\c2ccc(Cl)c(Cl)c2)C(C(=O)OC)=C1C. The quantitative estimate of drug-likeness (QED) is 0.605. The first-order valence-electron chi connectivity index (χ1n) is 7.18. The molecule has 0 N–H and O–H groups in total. The molecule has 2 rings (SSSR count). The van der Waals surface area contributed by atoms with Crippen LogP contribution >= 0.6 is 23.2 Å². The third-order valence-corrected chi connectivity index (χ3v) is 4.34. The Morgan fingerprint density at radius 1 is 1.30 bits per heavy atom. The second-order valence-corrected chi connectivity index (χ2v) is 5.95. The van der Waals surface area contributed by atoms with E-state index in [2.05, 4.69) is 0 Å². The van der Waals surface area contributed by atoms with Gasteiger partial charge in [0.25, 0.3) is 5.91 Å². The van der Waals surface area contributed by atoms with Gasteiger partial charge in [0.2, 0.25) is 0 Å². The molecular weight excluding hydrogens is 337 g/mol. The number of amides is 1. The molecule has 0 aromatic heterocycles. The number of benzene rings is 1. The lowest BCUT2D eigenvalue weighted by molar-refractivity contribution is -0.136. The van der Waals surface area contributed by atoms with Crippen LogP contribution in [0.5, 0.6) is 0 Å². The molecule has 1 heterocycles.